The van der Waals surface area contributed by atoms with Crippen LogP contribution in [0.2, 0.25) is 0 Å². The fourth-order valence-electron chi connectivity index (χ4n) is 2.77. The average molecular weight is 658 g/mol. The summed E-state index contributed by atoms with van der Waals surface area (Å²) >= 11 is 4.82. The van der Waals surface area contributed by atoms with Crippen molar-refractivity contribution < 1.29 is 33.8 Å². The number of benzene rings is 1. The molecular formula is C18H16I2N2O7S. The van der Waals surface area contributed by atoms with E-state index in [4.69, 9.17) is 14.6 Å². The number of aliphatic carboxylic acids is 1. The molecule has 2 heterocycles. The molecule has 1 aromatic carbocycles. The van der Waals surface area contributed by atoms with Gasteiger partial charge >= 0.3 is 5.97 Å². The number of carboxylic acids is 1. The van der Waals surface area contributed by atoms with Crippen LogP contribution in [0.1, 0.15) is 5.56 Å². The third-order valence-corrected chi connectivity index (χ3v) is 6.70. The van der Waals surface area contributed by atoms with Gasteiger partial charge in [-0.1, -0.05) is 0 Å². The number of rotatable bonds is 6. The van der Waals surface area contributed by atoms with Crippen LogP contribution >= 0.6 is 56.9 Å². The number of nitrogens with zero attached hydrogens (tertiary/aromatic N) is 2. The number of ether oxygens (including phenoxy) is 2. The highest BCUT2D eigenvalue weighted by Crippen LogP contribution is 2.34. The Kier molecular flexibility index (Phi) is 7.98. The topological polar surface area (TPSA) is 113 Å². The van der Waals surface area contributed by atoms with E-state index in [0.717, 1.165) is 16.7 Å². The van der Waals surface area contributed by atoms with Gasteiger partial charge < -0.3 is 19.5 Å². The highest BCUT2D eigenvalue weighted by atomic mass is 127. The first-order valence-electron chi connectivity index (χ1n) is 8.71. The van der Waals surface area contributed by atoms with Crippen molar-refractivity contribution in [2.24, 2.45) is 0 Å². The molecule has 2 aliphatic rings. The quantitative estimate of drug-likeness (QED) is 0.366. The summed E-state index contributed by atoms with van der Waals surface area (Å²) in [5.74, 6) is -1.43. The molecule has 2 aliphatic heterocycles. The van der Waals surface area contributed by atoms with Gasteiger partial charge in [-0.05, 0) is 80.7 Å². The predicted molar refractivity (Wildman–Crippen MR) is 125 cm³/mol. The largest absolute Gasteiger partial charge is 0.480 e. The number of hydrogen-bond acceptors (Lipinski definition) is 7. The number of carboxylic acid groups (broad SMARTS) is 1. The maximum atomic E-state index is 12.7. The summed E-state index contributed by atoms with van der Waals surface area (Å²) in [5.41, 5.74) is 0.663. The van der Waals surface area contributed by atoms with Gasteiger partial charge in [0, 0.05) is 13.1 Å². The summed E-state index contributed by atoms with van der Waals surface area (Å²) in [5, 5.41) is 8.29. The number of halogens is 2. The van der Waals surface area contributed by atoms with Crippen LogP contribution in [0.25, 0.3) is 6.08 Å². The Bertz CT molecular complexity index is 908. The zero-order chi connectivity index (χ0) is 21.8. The van der Waals surface area contributed by atoms with Gasteiger partial charge in [0.1, 0.15) is 12.3 Å². The Morgan fingerprint density at radius 2 is 1.83 bits per heavy atom. The molecule has 12 heteroatoms. The van der Waals surface area contributed by atoms with Gasteiger partial charge in [0.15, 0.2) is 6.61 Å². The molecule has 2 fully saturated rings. The normalized spacial score (nSPS) is 18.3. The molecule has 1 aromatic rings. The van der Waals surface area contributed by atoms with E-state index in [1.54, 1.807) is 23.1 Å². The van der Waals surface area contributed by atoms with E-state index in [1.165, 1.54) is 0 Å². The first kappa shape index (κ1) is 23.3. The second-order valence-electron chi connectivity index (χ2n) is 6.26. The number of carbonyl (C=O) groups excluding carboxylic acids is 3. The van der Waals surface area contributed by atoms with Gasteiger partial charge in [0.2, 0.25) is 5.91 Å². The number of carbonyl (C=O) groups is 4. The summed E-state index contributed by atoms with van der Waals surface area (Å²) in [6.07, 6.45) is 1.58. The van der Waals surface area contributed by atoms with Crippen molar-refractivity contribution in [3.8, 4) is 5.75 Å². The Morgan fingerprint density at radius 1 is 1.20 bits per heavy atom. The highest BCUT2D eigenvalue weighted by molar-refractivity contribution is 14.1. The molecule has 0 bridgehead atoms. The van der Waals surface area contributed by atoms with Crippen molar-refractivity contribution >= 4 is 86.0 Å². The maximum absolute atomic E-state index is 12.7. The second kappa shape index (κ2) is 10.3. The summed E-state index contributed by atoms with van der Waals surface area (Å²) in [4.78, 5) is 50.8. The van der Waals surface area contributed by atoms with Crippen molar-refractivity contribution in [3.63, 3.8) is 0 Å². The van der Waals surface area contributed by atoms with Gasteiger partial charge in [-0.3, -0.25) is 19.3 Å². The van der Waals surface area contributed by atoms with Crippen LogP contribution in [0, 0.1) is 7.14 Å². The average Bonchev–Trinajstić information content (AvgIpc) is 2.95. The van der Waals surface area contributed by atoms with Crippen LogP contribution in [0.4, 0.5) is 4.79 Å². The van der Waals surface area contributed by atoms with Gasteiger partial charge in [-0.2, -0.15) is 0 Å². The highest BCUT2D eigenvalue weighted by Gasteiger charge is 2.37. The van der Waals surface area contributed by atoms with Crippen LogP contribution in [-0.2, 0) is 19.1 Å². The lowest BCUT2D eigenvalue weighted by Gasteiger charge is -2.28. The molecule has 160 valence electrons. The third kappa shape index (κ3) is 5.64. The Morgan fingerprint density at radius 3 is 2.43 bits per heavy atom. The molecule has 0 atom stereocenters. The monoisotopic (exact) mass is 658 g/mol. The van der Waals surface area contributed by atoms with Crippen LogP contribution < -0.4 is 4.74 Å². The molecule has 9 nitrogen and oxygen atoms in total. The smallest absolute Gasteiger partial charge is 0.341 e. The summed E-state index contributed by atoms with van der Waals surface area (Å²) in [7, 11) is 0. The molecule has 0 unspecified atom stereocenters. The molecule has 30 heavy (non-hydrogen) atoms. The first-order chi connectivity index (χ1) is 14.3. The van der Waals surface area contributed by atoms with Crippen LogP contribution in [0.3, 0.4) is 0 Å². The summed E-state index contributed by atoms with van der Waals surface area (Å²) in [6.45, 7) is 1.02. The van der Waals surface area contributed by atoms with Crippen LogP contribution in [0.5, 0.6) is 5.75 Å². The fraction of sp³-hybridized carbons (Fsp3) is 0.333. The number of morpholine rings is 1. The Labute approximate surface area is 203 Å². The number of imide groups is 1. The van der Waals surface area contributed by atoms with Crippen molar-refractivity contribution in [1.29, 1.82) is 0 Å². The third-order valence-electron chi connectivity index (χ3n) is 4.19. The van der Waals surface area contributed by atoms with Gasteiger partial charge in [0.05, 0.1) is 25.3 Å². The molecule has 1 N–H and O–H groups in total. The summed E-state index contributed by atoms with van der Waals surface area (Å²) < 4.78 is 11.8. The van der Waals surface area contributed by atoms with Gasteiger partial charge in [0.25, 0.3) is 11.1 Å². The molecule has 3 amide bonds. The minimum atomic E-state index is -1.08. The zero-order valence-corrected chi connectivity index (χ0v) is 20.6. The van der Waals surface area contributed by atoms with Crippen molar-refractivity contribution in [2.45, 2.75) is 0 Å². The lowest BCUT2D eigenvalue weighted by molar-refractivity contribution is -0.139. The predicted octanol–water partition coefficient (Wildman–Crippen LogP) is 2.25. The van der Waals surface area contributed by atoms with Gasteiger partial charge in [-0.15, -0.1) is 0 Å². The van der Waals surface area contributed by atoms with E-state index in [-0.39, 0.29) is 17.4 Å². The van der Waals surface area contributed by atoms with E-state index < -0.39 is 23.7 Å². The molecule has 0 aromatic heterocycles. The summed E-state index contributed by atoms with van der Waals surface area (Å²) in [6, 6.07) is 3.46. The van der Waals surface area contributed by atoms with E-state index in [0.29, 0.717) is 44.8 Å². The van der Waals surface area contributed by atoms with Crippen molar-refractivity contribution in [3.05, 3.63) is 29.7 Å². The van der Waals surface area contributed by atoms with E-state index >= 15 is 0 Å². The van der Waals surface area contributed by atoms with E-state index in [1.807, 2.05) is 45.2 Å². The standard InChI is InChI=1S/C18H16I2N2O7S/c19-11-5-10(6-12(20)16(11)29-9-15(24)25)7-13-17(26)22(18(27)30-13)8-14(23)21-1-3-28-4-2-21/h5-7H,1-4,8-9H2,(H,24,25)/b13-7+. The molecule has 2 saturated heterocycles. The first-order valence-corrected chi connectivity index (χ1v) is 11.7. The Hall–Kier alpha value is -1.39. The van der Waals surface area contributed by atoms with Crippen molar-refractivity contribution in [1.82, 2.24) is 9.80 Å². The van der Waals surface area contributed by atoms with Gasteiger partial charge in [-0.25, -0.2) is 4.79 Å². The van der Waals surface area contributed by atoms with Crippen molar-refractivity contribution in [2.75, 3.05) is 39.5 Å². The van der Waals surface area contributed by atoms with Crippen LogP contribution in [0.15, 0.2) is 17.0 Å². The lowest BCUT2D eigenvalue weighted by Crippen LogP contribution is -2.46. The minimum absolute atomic E-state index is 0.223. The number of amides is 3. The molecule has 3 rings (SSSR count). The molecule has 0 aliphatic carbocycles. The molecule has 0 spiro atoms. The van der Waals surface area contributed by atoms with Crippen LogP contribution in [-0.4, -0.2) is 77.4 Å². The lowest BCUT2D eigenvalue weighted by atomic mass is 10.2. The van der Waals surface area contributed by atoms with E-state index in [9.17, 15) is 19.2 Å². The number of hydrogen-bond donors (Lipinski definition) is 1. The zero-order valence-electron chi connectivity index (χ0n) is 15.4. The Balaban J connectivity index is 1.73. The minimum Gasteiger partial charge on any atom is -0.480 e. The second-order valence-corrected chi connectivity index (χ2v) is 9.57. The molecule has 0 saturated carbocycles. The number of thioether (sulfide) groups is 1. The SMILES string of the molecule is O=C(O)COc1c(I)cc(/C=C2/SC(=O)N(CC(=O)N3CCOCC3)C2=O)cc1I. The maximum Gasteiger partial charge on any atom is 0.341 e. The molecular weight excluding hydrogens is 642 g/mol. The van der Waals surface area contributed by atoms with E-state index in [2.05, 4.69) is 0 Å². The fourth-order valence-corrected chi connectivity index (χ4v) is 5.74. The molecule has 0 radical (unpaired) electrons.